The van der Waals surface area contributed by atoms with Crippen LogP contribution in [0, 0.1) is 0 Å². The number of likely N-dealkylation sites (tertiary alicyclic amines) is 1. The van der Waals surface area contributed by atoms with Gasteiger partial charge in [0.1, 0.15) is 5.75 Å². The second-order valence-electron chi connectivity index (χ2n) is 9.28. The molecule has 1 N–H and O–H groups in total. The highest BCUT2D eigenvalue weighted by molar-refractivity contribution is 5.94. The molecule has 0 saturated carbocycles. The molecule has 2 aliphatic rings. The molecule has 178 valence electrons. The molecule has 7 nitrogen and oxygen atoms in total. The van der Waals surface area contributed by atoms with Gasteiger partial charge in [-0.05, 0) is 36.1 Å². The standard InChI is InChI=1S/C27H32N4O3/c1-34-23-11-5-9-21(15-23)17-31-25-12-14-29(16-20-7-3-2-4-8-20)19-24(25)26(28-31)27(33)30-13-6-10-22(32)18-30/h2-5,7-9,11,15,22,32H,6,10,12-14,16-19H2,1H3. The van der Waals surface area contributed by atoms with Crippen LogP contribution in [0.5, 0.6) is 5.75 Å². The highest BCUT2D eigenvalue weighted by Crippen LogP contribution is 2.27. The van der Waals surface area contributed by atoms with E-state index in [9.17, 15) is 9.90 Å². The van der Waals surface area contributed by atoms with Gasteiger partial charge in [-0.1, -0.05) is 42.5 Å². The molecule has 34 heavy (non-hydrogen) atoms. The van der Waals surface area contributed by atoms with E-state index in [0.29, 0.717) is 31.9 Å². The van der Waals surface area contributed by atoms with Gasteiger partial charge in [-0.25, -0.2) is 0 Å². The molecule has 7 heteroatoms. The summed E-state index contributed by atoms with van der Waals surface area (Å²) in [7, 11) is 1.67. The van der Waals surface area contributed by atoms with Crippen molar-refractivity contribution >= 4 is 5.91 Å². The minimum atomic E-state index is -0.457. The van der Waals surface area contributed by atoms with Gasteiger partial charge in [0, 0.05) is 50.4 Å². The third kappa shape index (κ3) is 4.86. The number of carbonyl (C=O) groups excluding carboxylic acids is 1. The number of carbonyl (C=O) groups is 1. The smallest absolute Gasteiger partial charge is 0.274 e. The summed E-state index contributed by atoms with van der Waals surface area (Å²) in [6, 6.07) is 18.4. The first-order chi connectivity index (χ1) is 16.6. The van der Waals surface area contributed by atoms with Crippen molar-refractivity contribution in [1.82, 2.24) is 19.6 Å². The fraction of sp³-hybridized carbons (Fsp3) is 0.407. The number of nitrogens with zero attached hydrogens (tertiary/aromatic N) is 4. The number of piperidine rings is 1. The van der Waals surface area contributed by atoms with Crippen molar-refractivity contribution < 1.29 is 14.6 Å². The van der Waals surface area contributed by atoms with Crippen molar-refractivity contribution in [2.24, 2.45) is 0 Å². The lowest BCUT2D eigenvalue weighted by Crippen LogP contribution is -2.43. The van der Waals surface area contributed by atoms with Gasteiger partial charge in [-0.2, -0.15) is 5.10 Å². The zero-order valence-corrected chi connectivity index (χ0v) is 19.7. The van der Waals surface area contributed by atoms with Crippen molar-refractivity contribution in [3.8, 4) is 5.75 Å². The number of hydrogen-bond acceptors (Lipinski definition) is 5. The maximum Gasteiger partial charge on any atom is 0.274 e. The van der Waals surface area contributed by atoms with Crippen LogP contribution in [0.15, 0.2) is 54.6 Å². The molecule has 1 amide bonds. The van der Waals surface area contributed by atoms with E-state index in [1.54, 1.807) is 12.0 Å². The SMILES string of the molecule is COc1cccc(Cn2nc(C(=O)N3CCCC(O)C3)c3c2CCN(Cc2ccccc2)C3)c1. The van der Waals surface area contributed by atoms with E-state index in [1.165, 1.54) is 5.56 Å². The number of aliphatic hydroxyl groups excluding tert-OH is 1. The number of aromatic nitrogens is 2. The van der Waals surface area contributed by atoms with Crippen molar-refractivity contribution in [1.29, 1.82) is 0 Å². The van der Waals surface area contributed by atoms with Crippen LogP contribution in [0.2, 0.25) is 0 Å². The molecule has 1 saturated heterocycles. The van der Waals surface area contributed by atoms with Crippen LogP contribution in [-0.4, -0.2) is 63.4 Å². The first-order valence-corrected chi connectivity index (χ1v) is 12.1. The van der Waals surface area contributed by atoms with Crippen LogP contribution in [0.1, 0.15) is 45.7 Å². The van der Waals surface area contributed by atoms with Crippen molar-refractivity contribution in [2.75, 3.05) is 26.7 Å². The second kappa shape index (κ2) is 9.99. The first-order valence-electron chi connectivity index (χ1n) is 12.1. The summed E-state index contributed by atoms with van der Waals surface area (Å²) in [6.45, 7) is 4.10. The Labute approximate surface area is 200 Å². The summed E-state index contributed by atoms with van der Waals surface area (Å²) >= 11 is 0. The molecule has 1 aromatic heterocycles. The van der Waals surface area contributed by atoms with Gasteiger partial charge in [-0.3, -0.25) is 14.4 Å². The Balaban J connectivity index is 1.45. The summed E-state index contributed by atoms with van der Waals surface area (Å²) in [4.78, 5) is 17.7. The van der Waals surface area contributed by atoms with E-state index >= 15 is 0 Å². The largest absolute Gasteiger partial charge is 0.497 e. The normalized spacial score (nSPS) is 18.5. The van der Waals surface area contributed by atoms with Crippen molar-refractivity contribution in [3.63, 3.8) is 0 Å². The van der Waals surface area contributed by atoms with Gasteiger partial charge in [0.05, 0.1) is 19.8 Å². The molecular weight excluding hydrogens is 428 g/mol. The topological polar surface area (TPSA) is 70.8 Å². The number of methoxy groups -OCH3 is 1. The van der Waals surface area contributed by atoms with Gasteiger partial charge >= 0.3 is 0 Å². The lowest BCUT2D eigenvalue weighted by molar-refractivity contribution is 0.0466. The number of rotatable bonds is 6. The predicted molar refractivity (Wildman–Crippen MR) is 130 cm³/mol. The molecule has 2 aliphatic heterocycles. The van der Waals surface area contributed by atoms with Crippen LogP contribution in [-0.2, 0) is 26.1 Å². The molecule has 5 rings (SSSR count). The lowest BCUT2D eigenvalue weighted by Gasteiger charge is -2.31. The number of hydrogen-bond donors (Lipinski definition) is 1. The molecule has 1 unspecified atom stereocenters. The Bertz CT molecular complexity index is 1140. The third-order valence-corrected chi connectivity index (χ3v) is 6.81. The number of benzene rings is 2. The minimum absolute atomic E-state index is 0.0686. The summed E-state index contributed by atoms with van der Waals surface area (Å²) in [5.41, 5.74) is 5.04. The van der Waals surface area contributed by atoms with Crippen LogP contribution < -0.4 is 4.74 Å². The van der Waals surface area contributed by atoms with Crippen LogP contribution in [0.3, 0.4) is 0 Å². The van der Waals surface area contributed by atoms with E-state index in [1.807, 2.05) is 28.9 Å². The summed E-state index contributed by atoms with van der Waals surface area (Å²) in [5.74, 6) is 0.743. The Morgan fingerprint density at radius 3 is 2.71 bits per heavy atom. The Morgan fingerprint density at radius 1 is 1.09 bits per heavy atom. The van der Waals surface area contributed by atoms with Crippen LogP contribution in [0.25, 0.3) is 0 Å². The zero-order valence-electron chi connectivity index (χ0n) is 19.7. The van der Waals surface area contributed by atoms with E-state index in [4.69, 9.17) is 9.84 Å². The van der Waals surface area contributed by atoms with Gasteiger partial charge in [0.25, 0.3) is 5.91 Å². The number of β-amino-alcohol motifs (C(OH)–C–C–N with tert-alkyl or cyclic N) is 1. The average molecular weight is 461 g/mol. The molecule has 2 aromatic carbocycles. The van der Waals surface area contributed by atoms with Crippen LogP contribution in [0.4, 0.5) is 0 Å². The Morgan fingerprint density at radius 2 is 1.91 bits per heavy atom. The molecule has 1 atom stereocenters. The predicted octanol–water partition coefficient (Wildman–Crippen LogP) is 3.10. The van der Waals surface area contributed by atoms with E-state index in [2.05, 4.69) is 35.2 Å². The fourth-order valence-corrected chi connectivity index (χ4v) is 5.06. The molecule has 0 spiro atoms. The number of fused-ring (bicyclic) bond motifs is 1. The maximum atomic E-state index is 13.5. The summed E-state index contributed by atoms with van der Waals surface area (Å²) < 4.78 is 7.39. The fourth-order valence-electron chi connectivity index (χ4n) is 5.06. The zero-order chi connectivity index (χ0) is 23.5. The quantitative estimate of drug-likeness (QED) is 0.612. The summed E-state index contributed by atoms with van der Waals surface area (Å²) in [6.07, 6.45) is 1.95. The Kier molecular flexibility index (Phi) is 6.65. The lowest BCUT2D eigenvalue weighted by atomic mass is 10.0. The number of amides is 1. The van der Waals surface area contributed by atoms with Gasteiger partial charge < -0.3 is 14.7 Å². The van der Waals surface area contributed by atoms with E-state index in [0.717, 1.165) is 54.9 Å². The average Bonchev–Trinajstić information content (AvgIpc) is 3.21. The van der Waals surface area contributed by atoms with Crippen molar-refractivity contribution in [2.45, 2.75) is 45.0 Å². The van der Waals surface area contributed by atoms with Gasteiger partial charge in [0.2, 0.25) is 0 Å². The van der Waals surface area contributed by atoms with E-state index in [-0.39, 0.29) is 5.91 Å². The van der Waals surface area contributed by atoms with Gasteiger partial charge in [-0.15, -0.1) is 0 Å². The van der Waals surface area contributed by atoms with Crippen LogP contribution >= 0.6 is 0 Å². The molecule has 3 aromatic rings. The third-order valence-electron chi connectivity index (χ3n) is 6.81. The maximum absolute atomic E-state index is 13.5. The molecule has 0 bridgehead atoms. The molecule has 0 aliphatic carbocycles. The van der Waals surface area contributed by atoms with Crippen molar-refractivity contribution in [3.05, 3.63) is 82.7 Å². The minimum Gasteiger partial charge on any atom is -0.497 e. The molecule has 0 radical (unpaired) electrons. The highest BCUT2D eigenvalue weighted by atomic mass is 16.5. The second-order valence-corrected chi connectivity index (χ2v) is 9.28. The Hall–Kier alpha value is -3.16. The number of aliphatic hydroxyl groups is 1. The monoisotopic (exact) mass is 460 g/mol. The number of ether oxygens (including phenoxy) is 1. The molecule has 1 fully saturated rings. The summed E-state index contributed by atoms with van der Waals surface area (Å²) in [5, 5.41) is 15.0. The van der Waals surface area contributed by atoms with Gasteiger partial charge in [0.15, 0.2) is 5.69 Å². The first kappa shape index (κ1) is 22.6. The molecular formula is C27H32N4O3. The highest BCUT2D eigenvalue weighted by Gasteiger charge is 2.32. The molecule has 3 heterocycles. The van der Waals surface area contributed by atoms with E-state index < -0.39 is 6.10 Å².